The molecule has 2 heterocycles. The molecule has 0 saturated carbocycles. The van der Waals surface area contributed by atoms with Crippen LogP contribution in [0.25, 0.3) is 0 Å². The van der Waals surface area contributed by atoms with Crippen LogP contribution in [-0.2, 0) is 9.53 Å². The number of ether oxygens (including phenoxy) is 1. The van der Waals surface area contributed by atoms with Crippen molar-refractivity contribution in [1.29, 1.82) is 0 Å². The second kappa shape index (κ2) is 7.54. The molecule has 0 bridgehead atoms. The van der Waals surface area contributed by atoms with Gasteiger partial charge in [-0.15, -0.1) is 0 Å². The van der Waals surface area contributed by atoms with Gasteiger partial charge < -0.3 is 15.2 Å². The van der Waals surface area contributed by atoms with E-state index < -0.39 is 0 Å². The zero-order chi connectivity index (χ0) is 15.3. The Hall–Kier alpha value is -0.690. The third-order valence-corrected chi connectivity index (χ3v) is 4.51. The normalized spacial score (nSPS) is 23.2. The first-order valence-electron chi connectivity index (χ1n) is 7.97. The molecule has 6 nitrogen and oxygen atoms in total. The van der Waals surface area contributed by atoms with Crippen molar-refractivity contribution < 1.29 is 14.6 Å². The van der Waals surface area contributed by atoms with Gasteiger partial charge in [-0.1, -0.05) is 0 Å². The molecule has 2 aliphatic heterocycles. The maximum atomic E-state index is 12.1. The van der Waals surface area contributed by atoms with Crippen LogP contribution in [0, 0.1) is 0 Å². The van der Waals surface area contributed by atoms with E-state index in [-0.39, 0.29) is 17.6 Å². The van der Waals surface area contributed by atoms with Gasteiger partial charge in [-0.3, -0.25) is 14.6 Å². The summed E-state index contributed by atoms with van der Waals surface area (Å²) in [6.07, 6.45) is 1.35. The summed E-state index contributed by atoms with van der Waals surface area (Å²) in [5, 5.41) is 12.5. The summed E-state index contributed by atoms with van der Waals surface area (Å²) in [5.74, 6) is 0.0766. The Bertz CT molecular complexity index is 335. The van der Waals surface area contributed by atoms with E-state index in [1.165, 1.54) is 0 Å². The average molecular weight is 299 g/mol. The summed E-state index contributed by atoms with van der Waals surface area (Å²) in [4.78, 5) is 16.5. The number of aliphatic hydroxyl groups is 1. The van der Waals surface area contributed by atoms with Gasteiger partial charge in [0.05, 0.1) is 25.9 Å². The van der Waals surface area contributed by atoms with Crippen LogP contribution in [0.5, 0.6) is 0 Å². The van der Waals surface area contributed by atoms with Crippen LogP contribution >= 0.6 is 0 Å². The minimum absolute atomic E-state index is 0.0441. The fraction of sp³-hybridized carbons (Fsp3) is 0.933. The molecule has 0 aromatic carbocycles. The number of morpholine rings is 1. The third kappa shape index (κ3) is 5.21. The van der Waals surface area contributed by atoms with Crippen molar-refractivity contribution in [2.24, 2.45) is 0 Å². The minimum atomic E-state index is -0.190. The Morgan fingerprint density at radius 1 is 1.24 bits per heavy atom. The molecule has 2 rings (SSSR count). The largest absolute Gasteiger partial charge is 0.393 e. The van der Waals surface area contributed by atoms with E-state index in [0.717, 1.165) is 52.2 Å². The molecule has 0 radical (unpaired) electrons. The second-order valence-corrected chi connectivity index (χ2v) is 6.70. The summed E-state index contributed by atoms with van der Waals surface area (Å²) < 4.78 is 5.37. The number of likely N-dealkylation sites (tertiary alicyclic amines) is 1. The van der Waals surface area contributed by atoms with Gasteiger partial charge in [-0.2, -0.15) is 0 Å². The number of hydrogen-bond acceptors (Lipinski definition) is 5. The fourth-order valence-electron chi connectivity index (χ4n) is 2.93. The van der Waals surface area contributed by atoms with E-state index in [0.29, 0.717) is 13.1 Å². The maximum Gasteiger partial charge on any atom is 0.234 e. The molecule has 122 valence electrons. The Balaban J connectivity index is 1.70. The Kier molecular flexibility index (Phi) is 5.98. The molecular formula is C15H29N3O3. The van der Waals surface area contributed by atoms with E-state index in [2.05, 4.69) is 29.0 Å². The first-order chi connectivity index (χ1) is 9.97. The summed E-state index contributed by atoms with van der Waals surface area (Å²) >= 11 is 0. The number of carbonyl (C=O) groups excluding carboxylic acids is 1. The minimum Gasteiger partial charge on any atom is -0.393 e. The number of piperidine rings is 1. The molecule has 2 aliphatic rings. The zero-order valence-corrected chi connectivity index (χ0v) is 13.3. The summed E-state index contributed by atoms with van der Waals surface area (Å²) in [5.41, 5.74) is -0.0441. The number of nitrogens with zero attached hydrogens (tertiary/aromatic N) is 2. The van der Waals surface area contributed by atoms with Gasteiger partial charge in [0.1, 0.15) is 0 Å². The lowest BCUT2D eigenvalue weighted by Crippen LogP contribution is -2.56. The molecule has 1 amide bonds. The van der Waals surface area contributed by atoms with Crippen LogP contribution in [0.3, 0.4) is 0 Å². The predicted octanol–water partition coefficient (Wildman–Crippen LogP) is -0.330. The van der Waals surface area contributed by atoms with Gasteiger partial charge in [-0.25, -0.2) is 0 Å². The van der Waals surface area contributed by atoms with Gasteiger partial charge >= 0.3 is 0 Å². The number of aliphatic hydroxyl groups excluding tert-OH is 1. The van der Waals surface area contributed by atoms with E-state index in [1.807, 2.05) is 0 Å². The van der Waals surface area contributed by atoms with Crippen LogP contribution in [0.15, 0.2) is 0 Å². The molecule has 2 saturated heterocycles. The highest BCUT2D eigenvalue weighted by molar-refractivity contribution is 5.78. The summed E-state index contributed by atoms with van der Waals surface area (Å²) in [6.45, 7) is 10.4. The number of amides is 1. The molecule has 6 heteroatoms. The van der Waals surface area contributed by atoms with Crippen molar-refractivity contribution in [3.8, 4) is 0 Å². The Morgan fingerprint density at radius 3 is 2.48 bits per heavy atom. The smallest absolute Gasteiger partial charge is 0.234 e. The lowest BCUT2D eigenvalue weighted by atomic mass is 10.0. The number of nitrogens with one attached hydrogen (secondary N) is 1. The average Bonchev–Trinajstić information content (AvgIpc) is 2.49. The first-order valence-corrected chi connectivity index (χ1v) is 7.97. The topological polar surface area (TPSA) is 65.0 Å². The SMILES string of the molecule is CC(C)(CNC(=O)CN1CCC(O)CC1)N1CCOCC1. The van der Waals surface area contributed by atoms with Gasteiger partial charge in [0.15, 0.2) is 0 Å². The molecule has 0 atom stereocenters. The van der Waals surface area contributed by atoms with Gasteiger partial charge in [0.25, 0.3) is 0 Å². The maximum absolute atomic E-state index is 12.1. The lowest BCUT2D eigenvalue weighted by molar-refractivity contribution is -0.123. The van der Waals surface area contributed by atoms with Crippen molar-refractivity contribution in [3.63, 3.8) is 0 Å². The Morgan fingerprint density at radius 2 is 1.86 bits per heavy atom. The van der Waals surface area contributed by atoms with Gasteiger partial charge in [-0.05, 0) is 26.7 Å². The van der Waals surface area contributed by atoms with E-state index in [4.69, 9.17) is 4.74 Å². The van der Waals surface area contributed by atoms with Crippen molar-refractivity contribution in [2.45, 2.75) is 38.3 Å². The zero-order valence-electron chi connectivity index (χ0n) is 13.3. The Labute approximate surface area is 127 Å². The fourth-order valence-corrected chi connectivity index (χ4v) is 2.93. The first kappa shape index (κ1) is 16.7. The van der Waals surface area contributed by atoms with Crippen LogP contribution < -0.4 is 5.32 Å². The molecular weight excluding hydrogens is 270 g/mol. The predicted molar refractivity (Wildman–Crippen MR) is 81.2 cm³/mol. The van der Waals surface area contributed by atoms with Crippen molar-refractivity contribution in [3.05, 3.63) is 0 Å². The standard InChI is InChI=1S/C15H29N3O3/c1-15(2,18-7-9-21-10-8-18)12-16-14(20)11-17-5-3-13(19)4-6-17/h13,19H,3-12H2,1-2H3,(H,16,20). The third-order valence-electron chi connectivity index (χ3n) is 4.51. The van der Waals surface area contributed by atoms with Crippen molar-refractivity contribution in [2.75, 3.05) is 52.5 Å². The highest BCUT2D eigenvalue weighted by Gasteiger charge is 2.29. The lowest BCUT2D eigenvalue weighted by Gasteiger charge is -2.41. The quantitative estimate of drug-likeness (QED) is 0.728. The number of carbonyl (C=O) groups is 1. The number of rotatable bonds is 5. The van der Waals surface area contributed by atoms with Gasteiger partial charge in [0, 0.05) is 38.3 Å². The molecule has 0 spiro atoms. The van der Waals surface area contributed by atoms with E-state index in [1.54, 1.807) is 0 Å². The highest BCUT2D eigenvalue weighted by atomic mass is 16.5. The molecule has 0 unspecified atom stereocenters. The van der Waals surface area contributed by atoms with Crippen LogP contribution in [0.4, 0.5) is 0 Å². The van der Waals surface area contributed by atoms with Gasteiger partial charge in [0.2, 0.25) is 5.91 Å². The molecule has 0 aromatic rings. The van der Waals surface area contributed by atoms with Crippen molar-refractivity contribution in [1.82, 2.24) is 15.1 Å². The molecule has 21 heavy (non-hydrogen) atoms. The summed E-state index contributed by atoms with van der Waals surface area (Å²) in [6, 6.07) is 0. The molecule has 2 fully saturated rings. The summed E-state index contributed by atoms with van der Waals surface area (Å²) in [7, 11) is 0. The molecule has 0 aliphatic carbocycles. The molecule has 2 N–H and O–H groups in total. The monoisotopic (exact) mass is 299 g/mol. The van der Waals surface area contributed by atoms with Crippen LogP contribution in [0.1, 0.15) is 26.7 Å². The molecule has 0 aromatic heterocycles. The second-order valence-electron chi connectivity index (χ2n) is 6.70. The van der Waals surface area contributed by atoms with Crippen molar-refractivity contribution >= 4 is 5.91 Å². The number of hydrogen-bond donors (Lipinski definition) is 2. The van der Waals surface area contributed by atoms with Crippen LogP contribution in [0.2, 0.25) is 0 Å². The van der Waals surface area contributed by atoms with Crippen LogP contribution in [-0.4, -0.2) is 84.9 Å². The van der Waals surface area contributed by atoms with E-state index in [9.17, 15) is 9.90 Å². The highest BCUT2D eigenvalue weighted by Crippen LogP contribution is 2.15. The van der Waals surface area contributed by atoms with E-state index >= 15 is 0 Å².